The van der Waals surface area contributed by atoms with Crippen LogP contribution >= 0.6 is 20.2 Å². The van der Waals surface area contributed by atoms with Gasteiger partial charge < -0.3 is 4.74 Å². The number of rotatable bonds is 10. The van der Waals surface area contributed by atoms with Crippen LogP contribution in [0.25, 0.3) is 11.3 Å². The summed E-state index contributed by atoms with van der Waals surface area (Å²) in [7, 11) is 1.68. The molecule has 0 aromatic carbocycles. The molecule has 3 aromatic rings. The Balaban J connectivity index is 1.01. The number of halogens is 1. The smallest absolute Gasteiger partial charge is 0.0184 e. The van der Waals surface area contributed by atoms with Crippen molar-refractivity contribution in [1.29, 1.82) is 0 Å². The van der Waals surface area contributed by atoms with Gasteiger partial charge in [-0.15, -0.1) is 0 Å². The maximum atomic E-state index is 14.5. The number of alkyl halides is 2. The zero-order valence-electron chi connectivity index (χ0n) is 31.1. The summed E-state index contributed by atoms with van der Waals surface area (Å²) in [6, 6.07) is 8.04. The molecule has 5 heterocycles. The molecule has 11 nitrogen and oxygen atoms in total. The van der Waals surface area contributed by atoms with E-state index in [1.165, 1.54) is 0 Å². The normalized spacial score (nSPS) is 23.0. The van der Waals surface area contributed by atoms with E-state index < -0.39 is 25.8 Å². The Kier molecular flexibility index (Phi) is 11.4. The van der Waals surface area contributed by atoms with Gasteiger partial charge in [0.2, 0.25) is 0 Å². The van der Waals surface area contributed by atoms with Crippen LogP contribution in [0.5, 0.6) is 5.75 Å². The number of aromatic nitrogens is 3. The number of pyridine rings is 2. The number of amides is 2. The van der Waals surface area contributed by atoms with E-state index in [4.69, 9.17) is 27.2 Å². The standard InChI is InChI=1S/C40H54IN5O6/c1-26(2)40(49)16-21-45(22-17-40)39(48)52-41-18-13-31(14-19-41)38(47)46(36-23-32(15-20-42-36)34-25-51-37(44-34)30-9-10-30)24-28-5-7-29(8-6-28)33-11-12-35(50-4)27(3)43-33/h11-12,15,20,23,25-26,28-31,49H,5-10,13-14,16-19,21-22,24H2,1-4H3. The first kappa shape index (κ1) is 37.1. The average molecular weight is 828 g/mol. The third-order valence-corrected chi connectivity index (χ3v) is 16.5. The summed E-state index contributed by atoms with van der Waals surface area (Å²) in [6.45, 7) is 7.72. The van der Waals surface area contributed by atoms with Crippen LogP contribution in [0.1, 0.15) is 107 Å². The van der Waals surface area contributed by atoms with E-state index in [1.54, 1.807) is 24.5 Å². The van der Waals surface area contributed by atoms with Crippen molar-refractivity contribution in [3.63, 3.8) is 0 Å². The molecule has 0 radical (unpaired) electrons. The second kappa shape index (κ2) is 16.0. The molecule has 282 valence electrons. The van der Waals surface area contributed by atoms with Gasteiger partial charge in [-0.25, -0.2) is 0 Å². The van der Waals surface area contributed by atoms with Crippen LogP contribution in [0.4, 0.5) is 10.6 Å². The van der Waals surface area contributed by atoms with E-state index in [9.17, 15) is 14.7 Å². The molecule has 0 bridgehead atoms. The average Bonchev–Trinajstić information content (AvgIpc) is 3.90. The fourth-order valence-corrected chi connectivity index (χ4v) is 12.6. The summed E-state index contributed by atoms with van der Waals surface area (Å²) < 4.78 is 18.9. The minimum Gasteiger partial charge on any atom is -0.0184 e. The number of hydrogen-bond acceptors (Lipinski definition) is 9. The van der Waals surface area contributed by atoms with E-state index in [-0.39, 0.29) is 23.8 Å². The molecule has 1 N–H and O–H groups in total. The van der Waals surface area contributed by atoms with Gasteiger partial charge in [0.15, 0.2) is 0 Å². The van der Waals surface area contributed by atoms with E-state index in [0.717, 1.165) is 94.5 Å². The van der Waals surface area contributed by atoms with Crippen LogP contribution in [-0.2, 0) is 7.86 Å². The summed E-state index contributed by atoms with van der Waals surface area (Å²) in [5.74, 6) is 3.57. The van der Waals surface area contributed by atoms with Gasteiger partial charge in [0.25, 0.3) is 0 Å². The Morgan fingerprint density at radius 1 is 1.02 bits per heavy atom. The Labute approximate surface area is 315 Å². The number of hydrogen-bond donors (Lipinski definition) is 1. The monoisotopic (exact) mass is 827 g/mol. The van der Waals surface area contributed by atoms with Gasteiger partial charge in [-0.3, -0.25) is 0 Å². The Hall–Kier alpha value is -3.26. The third kappa shape index (κ3) is 8.42. The molecule has 3 aromatic heterocycles. The van der Waals surface area contributed by atoms with E-state index >= 15 is 0 Å². The number of oxazole rings is 1. The SMILES string of the molecule is COc1ccc(C2CCC(CN(C(=O)C3CCI(OC(=O)N4CCC(O)(C(C)C)CC4)CC3)c3cc(-c4coc(C5CC5)n4)ccn3)CC2)nc1C. The van der Waals surface area contributed by atoms with Crippen molar-refractivity contribution in [3.05, 3.63) is 54.0 Å². The number of aliphatic hydroxyl groups is 1. The first-order valence-electron chi connectivity index (χ1n) is 19.2. The minimum absolute atomic E-state index is 0.115. The summed E-state index contributed by atoms with van der Waals surface area (Å²) >= 11 is -2.00. The Morgan fingerprint density at radius 3 is 2.38 bits per heavy atom. The molecule has 2 saturated heterocycles. The molecule has 12 heteroatoms. The van der Waals surface area contributed by atoms with E-state index in [2.05, 4.69) is 6.07 Å². The second-order valence-corrected chi connectivity index (χ2v) is 20.5. The third-order valence-electron chi connectivity index (χ3n) is 11.8. The van der Waals surface area contributed by atoms with Gasteiger partial charge in [0, 0.05) is 0 Å². The molecule has 7 rings (SSSR count). The molecule has 2 aliphatic heterocycles. The Morgan fingerprint density at radius 2 is 1.73 bits per heavy atom. The topological polar surface area (TPSA) is 131 Å². The molecular weight excluding hydrogens is 773 g/mol. The molecule has 0 atom stereocenters. The van der Waals surface area contributed by atoms with Crippen LogP contribution < -0.4 is 9.64 Å². The molecule has 4 aliphatic rings. The predicted octanol–water partition coefficient (Wildman–Crippen LogP) is 8.08. The number of likely N-dealkylation sites (tertiary alicyclic amines) is 1. The van der Waals surface area contributed by atoms with Gasteiger partial charge in [0.05, 0.1) is 12.8 Å². The quantitative estimate of drug-likeness (QED) is 0.159. The number of anilines is 1. The van der Waals surface area contributed by atoms with Crippen molar-refractivity contribution in [2.75, 3.05) is 40.5 Å². The number of carbonyl (C=O) groups excluding carboxylic acids is 2. The van der Waals surface area contributed by atoms with Crippen LogP contribution in [0, 0.1) is 24.7 Å². The molecule has 4 fully saturated rings. The van der Waals surface area contributed by atoms with Crippen molar-refractivity contribution in [2.45, 2.75) is 102 Å². The molecular formula is C40H54IN5O6. The van der Waals surface area contributed by atoms with Gasteiger partial charge in [-0.05, 0) is 25.8 Å². The van der Waals surface area contributed by atoms with Crippen molar-refractivity contribution < 1.29 is 26.9 Å². The van der Waals surface area contributed by atoms with Gasteiger partial charge in [-0.1, -0.05) is 0 Å². The van der Waals surface area contributed by atoms with Crippen molar-refractivity contribution in [1.82, 2.24) is 19.9 Å². The first-order valence-corrected chi connectivity index (χ1v) is 23.1. The molecule has 52 heavy (non-hydrogen) atoms. The number of nitrogens with zero attached hydrogens (tertiary/aromatic N) is 5. The second-order valence-electron chi connectivity index (χ2n) is 15.6. The zero-order valence-corrected chi connectivity index (χ0v) is 33.2. The van der Waals surface area contributed by atoms with Crippen molar-refractivity contribution in [2.24, 2.45) is 17.8 Å². The molecule has 2 aliphatic carbocycles. The minimum atomic E-state index is -2.00. The summed E-state index contributed by atoms with van der Waals surface area (Å²) in [5, 5.41) is 10.8. The van der Waals surface area contributed by atoms with Crippen LogP contribution in [0.2, 0.25) is 0 Å². The summed E-state index contributed by atoms with van der Waals surface area (Å²) in [4.78, 5) is 45.7. The molecule has 0 unspecified atom stereocenters. The number of piperidine rings is 1. The van der Waals surface area contributed by atoms with Crippen molar-refractivity contribution in [3.8, 4) is 17.0 Å². The number of aryl methyl sites for hydroxylation is 1. The van der Waals surface area contributed by atoms with E-state index in [0.29, 0.717) is 56.0 Å². The predicted molar refractivity (Wildman–Crippen MR) is 208 cm³/mol. The van der Waals surface area contributed by atoms with Crippen LogP contribution in [-0.4, -0.2) is 78.2 Å². The molecule has 2 amide bonds. The molecule has 2 saturated carbocycles. The van der Waals surface area contributed by atoms with Crippen molar-refractivity contribution >= 4 is 38.1 Å². The van der Waals surface area contributed by atoms with Crippen LogP contribution in [0.15, 0.2) is 41.1 Å². The number of ether oxygens (including phenoxy) is 1. The van der Waals surface area contributed by atoms with Gasteiger partial charge in [-0.2, -0.15) is 0 Å². The van der Waals surface area contributed by atoms with Crippen LogP contribution in [0.3, 0.4) is 0 Å². The number of carbonyl (C=O) groups is 2. The fourth-order valence-electron chi connectivity index (χ4n) is 7.96. The van der Waals surface area contributed by atoms with E-state index in [1.807, 2.05) is 43.9 Å². The zero-order chi connectivity index (χ0) is 36.4. The Bertz CT molecular complexity index is 1700. The van der Waals surface area contributed by atoms with Gasteiger partial charge in [0.1, 0.15) is 5.75 Å². The first-order chi connectivity index (χ1) is 25.1. The number of methoxy groups -OCH3 is 1. The molecule has 0 spiro atoms. The fraction of sp³-hybridized carbons (Fsp3) is 0.625. The summed E-state index contributed by atoms with van der Waals surface area (Å²) in [5.41, 5.74) is 3.00. The van der Waals surface area contributed by atoms with Gasteiger partial charge >= 0.3 is 267 Å². The summed E-state index contributed by atoms with van der Waals surface area (Å²) in [6.07, 6.45) is 12.2. The maximum absolute atomic E-state index is 14.5.